The molecule has 0 aliphatic heterocycles. The Kier molecular flexibility index (Phi) is 8.79. The number of hydrogen-bond acceptors (Lipinski definition) is 5. The summed E-state index contributed by atoms with van der Waals surface area (Å²) in [6, 6.07) is 21.3. The van der Waals surface area contributed by atoms with Crippen molar-refractivity contribution in [3.63, 3.8) is 0 Å². The number of aromatic nitrogens is 2. The van der Waals surface area contributed by atoms with E-state index in [-0.39, 0.29) is 17.4 Å². The van der Waals surface area contributed by atoms with E-state index in [1.165, 1.54) is 5.56 Å². The number of fused-ring (bicyclic) bond motifs is 1. The van der Waals surface area contributed by atoms with Crippen molar-refractivity contribution in [2.24, 2.45) is 0 Å². The van der Waals surface area contributed by atoms with Crippen LogP contribution in [0.3, 0.4) is 0 Å². The van der Waals surface area contributed by atoms with Gasteiger partial charge in [0.05, 0.1) is 37.9 Å². The number of hydrogen-bond donors (Lipinski definition) is 1. The topological polar surface area (TPSA) is 74.6 Å². The number of nitrogens with one attached hydrogen (secondary N) is 1. The third-order valence-corrected chi connectivity index (χ3v) is 6.83. The second kappa shape index (κ2) is 12.2. The molecule has 39 heavy (non-hydrogen) atoms. The van der Waals surface area contributed by atoms with Crippen LogP contribution in [0.2, 0.25) is 0 Å². The van der Waals surface area contributed by atoms with Crippen LogP contribution in [0.15, 0.2) is 66.7 Å². The number of carbonyl (C=O) groups is 1. The fourth-order valence-corrected chi connectivity index (χ4v) is 4.59. The molecule has 1 N–H and O–H groups in total. The summed E-state index contributed by atoms with van der Waals surface area (Å²) >= 11 is 0. The zero-order valence-corrected chi connectivity index (χ0v) is 23.8. The Morgan fingerprint density at radius 3 is 2.36 bits per heavy atom. The Labute approximate surface area is 231 Å². The molecular weight excluding hydrogens is 490 g/mol. The number of rotatable bonds is 11. The molecule has 1 unspecified atom stereocenters. The third kappa shape index (κ3) is 6.72. The Morgan fingerprint density at radius 1 is 0.949 bits per heavy atom. The van der Waals surface area contributed by atoms with Gasteiger partial charge in [0.2, 0.25) is 0 Å². The van der Waals surface area contributed by atoms with Gasteiger partial charge in [0, 0.05) is 12.1 Å². The maximum absolute atomic E-state index is 13.1. The summed E-state index contributed by atoms with van der Waals surface area (Å²) in [6.45, 7) is 10.0. The fourth-order valence-electron chi connectivity index (χ4n) is 4.59. The van der Waals surface area contributed by atoms with Gasteiger partial charge >= 0.3 is 0 Å². The second-order valence-corrected chi connectivity index (χ2v) is 10.7. The SMILES string of the molecule is COc1ccc(C(=O)NC(C)c2nc3ccccc3n2CCCCOc2ccc(C(C)(C)C)cc2)cc1OC. The van der Waals surface area contributed by atoms with Crippen LogP contribution in [0.4, 0.5) is 0 Å². The Hall–Kier alpha value is -4.00. The normalized spacial score (nSPS) is 12.3. The lowest BCUT2D eigenvalue weighted by atomic mass is 9.87. The van der Waals surface area contributed by atoms with Crippen molar-refractivity contribution < 1.29 is 19.0 Å². The second-order valence-electron chi connectivity index (χ2n) is 10.7. The molecule has 206 valence electrons. The van der Waals surface area contributed by atoms with Crippen molar-refractivity contribution in [3.8, 4) is 17.2 Å². The largest absolute Gasteiger partial charge is 0.494 e. The van der Waals surface area contributed by atoms with Gasteiger partial charge in [0.15, 0.2) is 11.5 Å². The number of carbonyl (C=O) groups excluding carboxylic acids is 1. The first-order chi connectivity index (χ1) is 18.7. The van der Waals surface area contributed by atoms with E-state index in [4.69, 9.17) is 19.2 Å². The minimum Gasteiger partial charge on any atom is -0.494 e. The van der Waals surface area contributed by atoms with Crippen molar-refractivity contribution in [2.45, 2.75) is 58.5 Å². The summed E-state index contributed by atoms with van der Waals surface area (Å²) in [4.78, 5) is 17.9. The van der Waals surface area contributed by atoms with Gasteiger partial charge < -0.3 is 24.1 Å². The zero-order chi connectivity index (χ0) is 28.0. The summed E-state index contributed by atoms with van der Waals surface area (Å²) in [5, 5.41) is 3.10. The number of methoxy groups -OCH3 is 2. The highest BCUT2D eigenvalue weighted by Gasteiger charge is 2.20. The zero-order valence-electron chi connectivity index (χ0n) is 23.8. The van der Waals surface area contributed by atoms with Crippen LogP contribution in [0.25, 0.3) is 11.0 Å². The molecule has 1 amide bonds. The van der Waals surface area contributed by atoms with Crippen LogP contribution in [0, 0.1) is 0 Å². The number of unbranched alkanes of at least 4 members (excludes halogenated alkanes) is 1. The summed E-state index contributed by atoms with van der Waals surface area (Å²) in [5.74, 6) is 2.60. The molecule has 0 aliphatic rings. The van der Waals surface area contributed by atoms with E-state index in [1.54, 1.807) is 32.4 Å². The van der Waals surface area contributed by atoms with Gasteiger partial charge in [0.1, 0.15) is 11.6 Å². The van der Waals surface area contributed by atoms with Crippen molar-refractivity contribution in [3.05, 3.63) is 83.7 Å². The van der Waals surface area contributed by atoms with Gasteiger partial charge in [-0.3, -0.25) is 4.79 Å². The van der Waals surface area contributed by atoms with Gasteiger partial charge in [-0.25, -0.2) is 4.98 Å². The molecule has 4 aromatic rings. The van der Waals surface area contributed by atoms with Crippen LogP contribution >= 0.6 is 0 Å². The summed E-state index contributed by atoms with van der Waals surface area (Å²) in [5.41, 5.74) is 3.88. The quantitative estimate of drug-likeness (QED) is 0.219. The van der Waals surface area contributed by atoms with E-state index >= 15 is 0 Å². The number of nitrogens with zero attached hydrogens (tertiary/aromatic N) is 2. The number of imidazole rings is 1. The van der Waals surface area contributed by atoms with Crippen LogP contribution in [0.1, 0.15) is 68.3 Å². The smallest absolute Gasteiger partial charge is 0.251 e. The molecule has 7 heteroatoms. The van der Waals surface area contributed by atoms with E-state index in [9.17, 15) is 4.79 Å². The number of para-hydroxylation sites is 2. The van der Waals surface area contributed by atoms with Crippen molar-refractivity contribution >= 4 is 16.9 Å². The molecule has 0 bridgehead atoms. The number of ether oxygens (including phenoxy) is 3. The van der Waals surface area contributed by atoms with E-state index in [0.717, 1.165) is 42.0 Å². The first-order valence-corrected chi connectivity index (χ1v) is 13.4. The minimum absolute atomic E-state index is 0.127. The molecule has 4 rings (SSSR count). The molecule has 0 fully saturated rings. The van der Waals surface area contributed by atoms with Crippen LogP contribution in [0.5, 0.6) is 17.2 Å². The highest BCUT2D eigenvalue weighted by atomic mass is 16.5. The van der Waals surface area contributed by atoms with Crippen LogP contribution < -0.4 is 19.5 Å². The number of aryl methyl sites for hydroxylation is 1. The summed E-state index contributed by atoms with van der Waals surface area (Å²) in [6.07, 6.45) is 1.82. The van der Waals surface area contributed by atoms with E-state index in [2.05, 4.69) is 48.9 Å². The molecule has 1 atom stereocenters. The molecule has 0 saturated carbocycles. The Morgan fingerprint density at radius 2 is 1.67 bits per heavy atom. The van der Waals surface area contributed by atoms with E-state index < -0.39 is 0 Å². The van der Waals surface area contributed by atoms with Crippen molar-refractivity contribution in [2.75, 3.05) is 20.8 Å². The van der Waals surface area contributed by atoms with E-state index in [1.807, 2.05) is 37.3 Å². The molecule has 0 radical (unpaired) electrons. The van der Waals surface area contributed by atoms with Gasteiger partial charge in [0.25, 0.3) is 5.91 Å². The fraction of sp³-hybridized carbons (Fsp3) is 0.375. The standard InChI is InChI=1S/C32H39N3O4/c1-22(33-31(36)23-13-18-28(37-5)29(21-23)38-6)30-34-26-11-7-8-12-27(26)35(30)19-9-10-20-39-25-16-14-24(15-17-25)32(2,3)4/h7-8,11-18,21-22H,9-10,19-20H2,1-6H3,(H,33,36). The van der Waals surface area contributed by atoms with Crippen LogP contribution in [-0.2, 0) is 12.0 Å². The molecule has 0 spiro atoms. The predicted octanol–water partition coefficient (Wildman–Crippen LogP) is 6.70. The van der Waals surface area contributed by atoms with Gasteiger partial charge in [-0.2, -0.15) is 0 Å². The molecule has 3 aromatic carbocycles. The molecule has 1 aromatic heterocycles. The van der Waals surface area contributed by atoms with E-state index in [0.29, 0.717) is 23.7 Å². The lowest BCUT2D eigenvalue weighted by molar-refractivity contribution is 0.0937. The number of benzene rings is 3. The maximum Gasteiger partial charge on any atom is 0.251 e. The van der Waals surface area contributed by atoms with Crippen molar-refractivity contribution in [1.29, 1.82) is 0 Å². The first kappa shape index (κ1) is 28.0. The lowest BCUT2D eigenvalue weighted by Gasteiger charge is -2.19. The Balaban J connectivity index is 1.40. The summed E-state index contributed by atoms with van der Waals surface area (Å²) < 4.78 is 18.8. The lowest BCUT2D eigenvalue weighted by Crippen LogP contribution is -2.28. The Bertz CT molecular complexity index is 1400. The van der Waals surface area contributed by atoms with Gasteiger partial charge in [-0.1, -0.05) is 45.0 Å². The predicted molar refractivity (Wildman–Crippen MR) is 155 cm³/mol. The average Bonchev–Trinajstić information content (AvgIpc) is 3.31. The summed E-state index contributed by atoms with van der Waals surface area (Å²) in [7, 11) is 3.12. The molecule has 1 heterocycles. The third-order valence-electron chi connectivity index (χ3n) is 6.83. The van der Waals surface area contributed by atoms with Gasteiger partial charge in [-0.15, -0.1) is 0 Å². The number of amides is 1. The molecule has 0 aliphatic carbocycles. The highest BCUT2D eigenvalue weighted by molar-refractivity contribution is 5.95. The maximum atomic E-state index is 13.1. The first-order valence-electron chi connectivity index (χ1n) is 13.4. The highest BCUT2D eigenvalue weighted by Crippen LogP contribution is 2.28. The van der Waals surface area contributed by atoms with Gasteiger partial charge in [-0.05, 0) is 73.2 Å². The minimum atomic E-state index is -0.296. The van der Waals surface area contributed by atoms with Crippen LogP contribution in [-0.4, -0.2) is 36.3 Å². The van der Waals surface area contributed by atoms with Crippen molar-refractivity contribution in [1.82, 2.24) is 14.9 Å². The molecular formula is C32H39N3O4. The molecule has 7 nitrogen and oxygen atoms in total. The monoisotopic (exact) mass is 529 g/mol. The average molecular weight is 530 g/mol. The molecule has 0 saturated heterocycles.